The molecule has 2 fully saturated rings. The van der Waals surface area contributed by atoms with Crippen LogP contribution in [0.15, 0.2) is 41.8 Å². The van der Waals surface area contributed by atoms with E-state index < -0.39 is 44.8 Å². The van der Waals surface area contributed by atoms with Crippen LogP contribution in [0.5, 0.6) is 5.88 Å². The molecule has 0 spiro atoms. The van der Waals surface area contributed by atoms with Gasteiger partial charge >= 0.3 is 18.2 Å². The second-order valence-corrected chi connectivity index (χ2v) is 13.8. The molecule has 22 heteroatoms. The Labute approximate surface area is 293 Å². The number of alkyl halides is 3. The zero-order chi connectivity index (χ0) is 37.2. The second-order valence-electron chi connectivity index (χ2n) is 12.1. The molecule has 0 bridgehead atoms. The van der Waals surface area contributed by atoms with Crippen LogP contribution < -0.4 is 19.7 Å². The van der Waals surface area contributed by atoms with Crippen molar-refractivity contribution in [2.75, 3.05) is 36.5 Å². The predicted molar refractivity (Wildman–Crippen MR) is 175 cm³/mol. The first kappa shape index (κ1) is 36.4. The summed E-state index contributed by atoms with van der Waals surface area (Å²) in [6.07, 6.45) is -1.43. The zero-order valence-electron chi connectivity index (χ0n) is 27.7. The van der Waals surface area contributed by atoms with E-state index in [0.717, 1.165) is 29.4 Å². The Bertz CT molecular complexity index is 2050. The summed E-state index contributed by atoms with van der Waals surface area (Å²) in [6.45, 7) is 3.49. The molecule has 1 saturated carbocycles. The molecule has 18 nitrogen and oxygen atoms in total. The lowest BCUT2D eigenvalue weighted by molar-refractivity contribution is -0.396. The summed E-state index contributed by atoms with van der Waals surface area (Å²) < 4.78 is 85.3. The number of aromatic nitrogens is 6. The number of carbonyl (C=O) groups is 1. The molecule has 1 aliphatic heterocycles. The Kier molecular flexibility index (Phi) is 10.3. The third-order valence-corrected chi connectivity index (χ3v) is 9.88. The maximum atomic E-state index is 13.3. The van der Waals surface area contributed by atoms with E-state index in [-0.39, 0.29) is 39.9 Å². The lowest BCUT2D eigenvalue weighted by Gasteiger charge is -2.31. The molecule has 4 aromatic rings. The molecule has 2 aliphatic rings. The van der Waals surface area contributed by atoms with E-state index in [2.05, 4.69) is 25.3 Å². The number of fused-ring (bicyclic) bond motifs is 1. The fourth-order valence-corrected chi connectivity index (χ4v) is 6.69. The highest BCUT2D eigenvalue weighted by molar-refractivity contribution is 7.90. The first-order chi connectivity index (χ1) is 24.7. The largest absolute Gasteiger partial charge is 0.474 e. The van der Waals surface area contributed by atoms with Crippen LogP contribution in [-0.2, 0) is 32.7 Å². The van der Waals surface area contributed by atoms with Crippen LogP contribution in [0.2, 0.25) is 0 Å². The van der Waals surface area contributed by atoms with Gasteiger partial charge in [-0.25, -0.2) is 32.5 Å². The number of sulfonamides is 1. The van der Waals surface area contributed by atoms with Crippen LogP contribution in [0, 0.1) is 10.1 Å². The molecule has 1 unspecified atom stereocenters. The van der Waals surface area contributed by atoms with Gasteiger partial charge in [0.25, 0.3) is 10.0 Å². The summed E-state index contributed by atoms with van der Waals surface area (Å²) in [5, 5.41) is 14.5. The van der Waals surface area contributed by atoms with Gasteiger partial charge in [-0.3, -0.25) is 4.98 Å². The van der Waals surface area contributed by atoms with Gasteiger partial charge in [0, 0.05) is 43.8 Å². The van der Waals surface area contributed by atoms with Crippen molar-refractivity contribution in [2.45, 2.75) is 61.9 Å². The summed E-state index contributed by atoms with van der Waals surface area (Å²) >= 11 is 0. The van der Waals surface area contributed by atoms with Crippen molar-refractivity contribution < 1.29 is 45.5 Å². The van der Waals surface area contributed by atoms with Crippen LogP contribution in [0.25, 0.3) is 10.9 Å². The van der Waals surface area contributed by atoms with Crippen molar-refractivity contribution in [3.63, 3.8) is 0 Å². The number of hydrogen-bond donors (Lipinski definition) is 2. The quantitative estimate of drug-likeness (QED) is 0.174. The molecule has 1 saturated heterocycles. The number of hydrogen-bond acceptors (Lipinski definition) is 15. The molecule has 1 atom stereocenters. The summed E-state index contributed by atoms with van der Waals surface area (Å²) in [4.78, 5) is 45.0. The smallest absolute Gasteiger partial charge is 0.434 e. The predicted octanol–water partition coefficient (Wildman–Crippen LogP) is 3.90. The Morgan fingerprint density at radius 3 is 2.38 bits per heavy atom. The number of halogens is 3. The number of anilines is 2. The molecular weight excluding hydrogens is 717 g/mol. The van der Waals surface area contributed by atoms with E-state index in [9.17, 15) is 36.5 Å². The number of nitro groups is 1. The van der Waals surface area contributed by atoms with Crippen LogP contribution >= 0.6 is 0 Å². The van der Waals surface area contributed by atoms with Gasteiger partial charge in [-0.1, -0.05) is 4.98 Å². The highest BCUT2D eigenvalue weighted by Crippen LogP contribution is 2.33. The molecule has 0 radical (unpaired) electrons. The van der Waals surface area contributed by atoms with Crippen LogP contribution in [0.3, 0.4) is 0 Å². The summed E-state index contributed by atoms with van der Waals surface area (Å²) in [5.74, 6) is 0.271. The van der Waals surface area contributed by atoms with Gasteiger partial charge in [-0.2, -0.15) is 18.2 Å². The van der Waals surface area contributed by atoms with E-state index in [4.69, 9.17) is 19.2 Å². The van der Waals surface area contributed by atoms with Crippen LogP contribution in [0.4, 0.5) is 35.7 Å². The van der Waals surface area contributed by atoms with Crippen molar-refractivity contribution in [3.05, 3.63) is 58.3 Å². The van der Waals surface area contributed by atoms with E-state index in [0.29, 0.717) is 63.3 Å². The van der Waals surface area contributed by atoms with E-state index >= 15 is 0 Å². The average Bonchev–Trinajstić information content (AvgIpc) is 3.50. The number of nitrogens with zero attached hydrogens (tertiary/aromatic N) is 8. The van der Waals surface area contributed by atoms with Gasteiger partial charge in [-0.05, 0) is 43.6 Å². The molecule has 52 heavy (non-hydrogen) atoms. The van der Waals surface area contributed by atoms with Gasteiger partial charge in [0.15, 0.2) is 11.8 Å². The molecule has 1 amide bonds. The van der Waals surface area contributed by atoms with E-state index in [1.54, 1.807) is 6.07 Å². The normalized spacial score (nSPS) is 18.8. The van der Waals surface area contributed by atoms with Gasteiger partial charge in [0.2, 0.25) is 11.8 Å². The molecule has 5 heterocycles. The van der Waals surface area contributed by atoms with Gasteiger partial charge in [0.05, 0.1) is 36.7 Å². The SMILES string of the molecule is CC(OC(=O)NS(=O)(=O)c1cnc2cc(N3CCOCC3)nc(OC3CCC(Nc4ncc(C(F)(F)F)cn4)CC3)c2c1)c1cnc([N+](=O)[O-])n1C. The second kappa shape index (κ2) is 14.7. The number of imidazole rings is 1. The van der Waals surface area contributed by atoms with E-state index in [1.807, 2.05) is 9.62 Å². The van der Waals surface area contributed by atoms with Crippen molar-refractivity contribution >= 4 is 44.7 Å². The number of pyridine rings is 2. The lowest BCUT2D eigenvalue weighted by Crippen LogP contribution is -2.37. The molecule has 278 valence electrons. The van der Waals surface area contributed by atoms with E-state index in [1.165, 1.54) is 20.0 Å². The molecular formula is C30H33F3N10O8S. The maximum Gasteiger partial charge on any atom is 0.434 e. The number of morpholine rings is 1. The third-order valence-electron chi connectivity index (χ3n) is 8.60. The van der Waals surface area contributed by atoms with Gasteiger partial charge in [-0.15, -0.1) is 0 Å². The van der Waals surface area contributed by atoms with Crippen LogP contribution in [-0.4, -0.2) is 87.4 Å². The van der Waals surface area contributed by atoms with Gasteiger partial charge < -0.3 is 34.5 Å². The highest BCUT2D eigenvalue weighted by Gasteiger charge is 2.32. The van der Waals surface area contributed by atoms with Crippen molar-refractivity contribution in [3.8, 4) is 5.88 Å². The first-order valence-electron chi connectivity index (χ1n) is 16.0. The Morgan fingerprint density at radius 1 is 1.06 bits per heavy atom. The number of ether oxygens (including phenoxy) is 3. The standard InChI is InChI=1S/C30H33F3N10O8S/c1-17(24-16-37-28(41(24)2)43(45)46)50-29(44)40-52(47,48)21-11-22-23(34-15-21)12-25(42-7-9-49-10-8-42)39-26(22)51-20-5-3-19(4-6-20)38-27-35-13-18(14-36-27)30(31,32)33/h11-17,19-20H,3-10H2,1-2H3,(H,40,44)(H,35,36,38). The molecule has 2 N–H and O–H groups in total. The maximum absolute atomic E-state index is 13.3. The van der Waals surface area contributed by atoms with Crippen LogP contribution in [0.1, 0.15) is 50.0 Å². The minimum atomic E-state index is -4.54. The summed E-state index contributed by atoms with van der Waals surface area (Å²) in [7, 11) is -3.18. The van der Waals surface area contributed by atoms with Gasteiger partial charge in [0.1, 0.15) is 23.0 Å². The molecule has 1 aliphatic carbocycles. The molecule has 6 rings (SSSR count). The Balaban J connectivity index is 1.18. The lowest BCUT2D eigenvalue weighted by atomic mass is 9.93. The van der Waals surface area contributed by atoms with Crippen molar-refractivity contribution in [2.24, 2.45) is 7.05 Å². The highest BCUT2D eigenvalue weighted by atomic mass is 32.2. The fourth-order valence-electron chi connectivity index (χ4n) is 5.84. The number of carbonyl (C=O) groups excluding carboxylic acids is 1. The number of rotatable bonds is 10. The van der Waals surface area contributed by atoms with Crippen molar-refractivity contribution in [1.29, 1.82) is 0 Å². The molecule has 4 aromatic heterocycles. The monoisotopic (exact) mass is 750 g/mol. The van der Waals surface area contributed by atoms with Crippen molar-refractivity contribution in [1.82, 2.24) is 34.2 Å². The third kappa shape index (κ3) is 8.22. The summed E-state index contributed by atoms with van der Waals surface area (Å²) in [6, 6.07) is 2.86. The number of amides is 1. The zero-order valence-corrected chi connectivity index (χ0v) is 28.6. The Morgan fingerprint density at radius 2 is 1.75 bits per heavy atom. The summed E-state index contributed by atoms with van der Waals surface area (Å²) in [5.41, 5.74) is -0.400. The fraction of sp³-hybridized carbons (Fsp3) is 0.467. The molecule has 0 aromatic carbocycles. The topological polar surface area (TPSA) is 219 Å². The number of nitrogens with one attached hydrogen (secondary N) is 2. The minimum Gasteiger partial charge on any atom is -0.474 e. The Hall–Kier alpha value is -5.38. The minimum absolute atomic E-state index is 0.0796. The first-order valence-corrected chi connectivity index (χ1v) is 17.5. The average molecular weight is 751 g/mol.